The Bertz CT molecular complexity index is 971. The molecule has 0 saturated heterocycles. The second-order valence-corrected chi connectivity index (χ2v) is 6.08. The molecular formula is C18H20N6O2. The predicted octanol–water partition coefficient (Wildman–Crippen LogP) is 2.23. The van der Waals surface area contributed by atoms with E-state index >= 15 is 0 Å². The van der Waals surface area contributed by atoms with Crippen LogP contribution in [-0.2, 0) is 11.3 Å². The molecule has 0 fully saturated rings. The summed E-state index contributed by atoms with van der Waals surface area (Å²) < 4.78 is 3.12. The largest absolute Gasteiger partial charge is 0.309 e. The summed E-state index contributed by atoms with van der Waals surface area (Å²) in [4.78, 5) is 28.5. The molecular weight excluding hydrogens is 332 g/mol. The molecule has 0 radical (unpaired) electrons. The molecule has 1 N–H and O–H groups in total. The Labute approximate surface area is 150 Å². The number of amides is 1. The van der Waals surface area contributed by atoms with Crippen molar-refractivity contribution >= 4 is 17.5 Å². The lowest BCUT2D eigenvalue weighted by Crippen LogP contribution is -2.22. The van der Waals surface area contributed by atoms with Crippen LogP contribution in [0.5, 0.6) is 0 Å². The molecule has 3 rings (SSSR count). The van der Waals surface area contributed by atoms with Crippen LogP contribution in [0.25, 0.3) is 5.82 Å². The topological polar surface area (TPSA) is 94.7 Å². The molecule has 0 aromatic carbocycles. The van der Waals surface area contributed by atoms with Crippen molar-refractivity contribution in [2.45, 2.75) is 34.2 Å². The van der Waals surface area contributed by atoms with Gasteiger partial charge < -0.3 is 5.32 Å². The molecule has 0 bridgehead atoms. The minimum absolute atomic E-state index is 0.00635. The van der Waals surface area contributed by atoms with Gasteiger partial charge in [0.05, 0.1) is 17.0 Å². The predicted molar refractivity (Wildman–Crippen MR) is 96.4 cm³/mol. The number of aryl methyl sites for hydroxylation is 2. The summed E-state index contributed by atoms with van der Waals surface area (Å²) in [5.74, 6) is 0.818. The summed E-state index contributed by atoms with van der Waals surface area (Å²) in [7, 11) is 0. The van der Waals surface area contributed by atoms with Crippen molar-refractivity contribution in [1.82, 2.24) is 24.5 Å². The fourth-order valence-corrected chi connectivity index (χ4v) is 2.92. The van der Waals surface area contributed by atoms with Gasteiger partial charge in [-0.2, -0.15) is 14.9 Å². The normalized spacial score (nSPS) is 10.8. The van der Waals surface area contributed by atoms with Gasteiger partial charge in [-0.15, -0.1) is 0 Å². The summed E-state index contributed by atoms with van der Waals surface area (Å²) in [5, 5.41) is 11.5. The molecule has 134 valence electrons. The van der Waals surface area contributed by atoms with E-state index < -0.39 is 0 Å². The van der Waals surface area contributed by atoms with Crippen LogP contribution in [0.3, 0.4) is 0 Å². The number of carbonyl (C=O) groups is 2. The van der Waals surface area contributed by atoms with E-state index in [0.717, 1.165) is 5.69 Å². The van der Waals surface area contributed by atoms with Crippen LogP contribution in [-0.4, -0.2) is 36.2 Å². The molecule has 0 saturated carbocycles. The number of ketones is 1. The molecule has 1 amide bonds. The molecule has 3 aromatic rings. The van der Waals surface area contributed by atoms with Crippen LogP contribution in [0, 0.1) is 20.8 Å². The summed E-state index contributed by atoms with van der Waals surface area (Å²) >= 11 is 0. The fourth-order valence-electron chi connectivity index (χ4n) is 2.92. The van der Waals surface area contributed by atoms with Gasteiger partial charge >= 0.3 is 0 Å². The van der Waals surface area contributed by atoms with E-state index in [2.05, 4.69) is 20.5 Å². The zero-order valence-corrected chi connectivity index (χ0v) is 15.1. The van der Waals surface area contributed by atoms with E-state index in [1.807, 2.05) is 25.1 Å². The first-order valence-electron chi connectivity index (χ1n) is 8.19. The van der Waals surface area contributed by atoms with Gasteiger partial charge in [0.1, 0.15) is 12.4 Å². The SMILES string of the molecule is CC(=O)c1c(C)nn(CC(=O)Nc2cc(C)nn2-c2ccccn2)c1C. The second kappa shape index (κ2) is 6.91. The van der Waals surface area contributed by atoms with E-state index in [-0.39, 0.29) is 18.2 Å². The Morgan fingerprint density at radius 3 is 2.54 bits per heavy atom. The quantitative estimate of drug-likeness (QED) is 0.711. The lowest BCUT2D eigenvalue weighted by atomic mass is 10.1. The van der Waals surface area contributed by atoms with Gasteiger partial charge in [0.25, 0.3) is 0 Å². The lowest BCUT2D eigenvalue weighted by molar-refractivity contribution is -0.117. The van der Waals surface area contributed by atoms with Gasteiger partial charge in [0.15, 0.2) is 11.6 Å². The van der Waals surface area contributed by atoms with Crippen LogP contribution in [0.4, 0.5) is 5.82 Å². The number of nitrogens with one attached hydrogen (secondary N) is 1. The average Bonchev–Trinajstić information content (AvgIpc) is 3.07. The smallest absolute Gasteiger partial charge is 0.247 e. The third-order valence-corrected chi connectivity index (χ3v) is 3.99. The van der Waals surface area contributed by atoms with Crippen molar-refractivity contribution in [2.75, 3.05) is 5.32 Å². The molecule has 0 spiro atoms. The number of hydrogen-bond acceptors (Lipinski definition) is 5. The third kappa shape index (κ3) is 3.39. The van der Waals surface area contributed by atoms with Crippen LogP contribution >= 0.6 is 0 Å². The number of rotatable bonds is 5. The van der Waals surface area contributed by atoms with Crippen LogP contribution in [0.15, 0.2) is 30.5 Å². The van der Waals surface area contributed by atoms with Crippen molar-refractivity contribution in [3.05, 3.63) is 53.1 Å². The van der Waals surface area contributed by atoms with Gasteiger partial charge in [0, 0.05) is 18.0 Å². The average molecular weight is 352 g/mol. The van der Waals surface area contributed by atoms with E-state index in [1.54, 1.807) is 30.8 Å². The number of Topliss-reactive ketones (excluding diaryl/α,β-unsaturated/α-hetero) is 1. The van der Waals surface area contributed by atoms with E-state index in [4.69, 9.17) is 0 Å². The minimum atomic E-state index is -0.261. The minimum Gasteiger partial charge on any atom is -0.309 e. The molecule has 3 aromatic heterocycles. The van der Waals surface area contributed by atoms with Gasteiger partial charge in [-0.1, -0.05) is 6.07 Å². The number of nitrogens with zero attached hydrogens (tertiary/aromatic N) is 5. The zero-order chi connectivity index (χ0) is 18.8. The molecule has 0 unspecified atom stereocenters. The molecule has 0 atom stereocenters. The third-order valence-electron chi connectivity index (χ3n) is 3.99. The maximum absolute atomic E-state index is 12.5. The Morgan fingerprint density at radius 1 is 1.15 bits per heavy atom. The first-order valence-corrected chi connectivity index (χ1v) is 8.19. The van der Waals surface area contributed by atoms with E-state index in [0.29, 0.717) is 28.6 Å². The molecule has 8 heteroatoms. The monoisotopic (exact) mass is 352 g/mol. The van der Waals surface area contributed by atoms with Gasteiger partial charge in [0.2, 0.25) is 5.91 Å². The Hall–Kier alpha value is -3.29. The van der Waals surface area contributed by atoms with Crippen LogP contribution in [0.2, 0.25) is 0 Å². The van der Waals surface area contributed by atoms with Crippen LogP contribution in [0.1, 0.15) is 34.4 Å². The standard InChI is InChI=1S/C18H20N6O2/c1-11-9-16(24(21-11)15-7-5-6-8-19-15)20-17(26)10-23-13(3)18(14(4)25)12(2)22-23/h5-9H,10H2,1-4H3,(H,20,26). The summed E-state index contributed by atoms with van der Waals surface area (Å²) in [5.41, 5.74) is 2.62. The van der Waals surface area contributed by atoms with E-state index in [9.17, 15) is 9.59 Å². The molecule has 26 heavy (non-hydrogen) atoms. The maximum atomic E-state index is 12.5. The number of hydrogen-bond donors (Lipinski definition) is 1. The van der Waals surface area contributed by atoms with Crippen LogP contribution < -0.4 is 5.32 Å². The van der Waals surface area contributed by atoms with Crippen molar-refractivity contribution in [3.8, 4) is 5.82 Å². The fraction of sp³-hybridized carbons (Fsp3) is 0.278. The highest BCUT2D eigenvalue weighted by atomic mass is 16.2. The first-order chi connectivity index (χ1) is 12.4. The number of anilines is 1. The summed E-state index contributed by atoms with van der Waals surface area (Å²) in [6.07, 6.45) is 1.66. The lowest BCUT2D eigenvalue weighted by Gasteiger charge is -2.09. The van der Waals surface area contributed by atoms with Gasteiger partial charge in [-0.05, 0) is 39.8 Å². The van der Waals surface area contributed by atoms with E-state index in [1.165, 1.54) is 11.6 Å². The Kier molecular flexibility index (Phi) is 4.66. The highest BCUT2D eigenvalue weighted by Gasteiger charge is 2.18. The van der Waals surface area contributed by atoms with Gasteiger partial charge in [-0.25, -0.2) is 4.98 Å². The summed E-state index contributed by atoms with van der Waals surface area (Å²) in [6.45, 7) is 6.89. The number of carbonyl (C=O) groups excluding carboxylic acids is 2. The molecule has 8 nitrogen and oxygen atoms in total. The highest BCUT2D eigenvalue weighted by molar-refractivity contribution is 5.96. The van der Waals surface area contributed by atoms with Gasteiger partial charge in [-0.3, -0.25) is 14.3 Å². The molecule has 0 aliphatic heterocycles. The molecule has 3 heterocycles. The molecule has 0 aliphatic carbocycles. The number of aromatic nitrogens is 5. The first kappa shape index (κ1) is 17.5. The summed E-state index contributed by atoms with van der Waals surface area (Å²) in [6, 6.07) is 7.24. The Balaban J connectivity index is 1.82. The van der Waals surface area contributed by atoms with Crippen molar-refractivity contribution < 1.29 is 9.59 Å². The zero-order valence-electron chi connectivity index (χ0n) is 15.1. The highest BCUT2D eigenvalue weighted by Crippen LogP contribution is 2.16. The number of pyridine rings is 1. The van der Waals surface area contributed by atoms with Crippen molar-refractivity contribution in [3.63, 3.8) is 0 Å². The second-order valence-electron chi connectivity index (χ2n) is 6.08. The molecule has 0 aliphatic rings. The van der Waals surface area contributed by atoms with Crippen molar-refractivity contribution in [1.29, 1.82) is 0 Å². The Morgan fingerprint density at radius 2 is 1.92 bits per heavy atom. The van der Waals surface area contributed by atoms with Crippen molar-refractivity contribution in [2.24, 2.45) is 0 Å². The maximum Gasteiger partial charge on any atom is 0.247 e.